The van der Waals surface area contributed by atoms with Crippen LogP contribution >= 0.6 is 0 Å². The number of phenols is 4. The van der Waals surface area contributed by atoms with Gasteiger partial charge in [-0.1, -0.05) is 109 Å². The number of benzene rings is 9. The second-order valence-electron chi connectivity index (χ2n) is 11.1. The van der Waals surface area contributed by atoms with Crippen molar-refractivity contribution in [3.05, 3.63) is 109 Å². The minimum Gasteiger partial charge on any atom is -0.504 e. The van der Waals surface area contributed by atoms with Crippen LogP contribution in [0.1, 0.15) is 0 Å². The molecule has 0 fully saturated rings. The maximum Gasteiger partial charge on any atom is 0.170 e. The SMILES string of the molecule is Oc1c(O)c(-c2ccc3ccc4cccc5ccc2c3c45)c(O)c(O)c1-c1ccc2ccc3cccc4ccc1c2c34. The van der Waals surface area contributed by atoms with Crippen molar-refractivity contribution in [3.63, 3.8) is 0 Å². The van der Waals surface area contributed by atoms with Crippen LogP contribution in [0, 0.1) is 0 Å². The van der Waals surface area contributed by atoms with E-state index in [0.29, 0.717) is 11.1 Å². The Morgan fingerprint density at radius 1 is 0.286 bits per heavy atom. The molecule has 9 aromatic rings. The van der Waals surface area contributed by atoms with Crippen LogP contribution in [0.15, 0.2) is 109 Å². The summed E-state index contributed by atoms with van der Waals surface area (Å²) in [5.74, 6) is -1.94. The van der Waals surface area contributed by atoms with E-state index in [4.69, 9.17) is 0 Å². The van der Waals surface area contributed by atoms with E-state index in [1.54, 1.807) is 0 Å². The van der Waals surface area contributed by atoms with Crippen molar-refractivity contribution in [2.45, 2.75) is 0 Å². The van der Waals surface area contributed by atoms with E-state index in [2.05, 4.69) is 48.5 Å². The Labute approximate surface area is 239 Å². The Bertz CT molecular complexity index is 2320. The van der Waals surface area contributed by atoms with E-state index in [0.717, 1.165) is 64.6 Å². The second-order valence-corrected chi connectivity index (χ2v) is 11.1. The maximum absolute atomic E-state index is 11.5. The Morgan fingerprint density at radius 2 is 0.571 bits per heavy atom. The summed E-state index contributed by atoms with van der Waals surface area (Å²) in [4.78, 5) is 0. The van der Waals surface area contributed by atoms with Gasteiger partial charge in [-0.2, -0.15) is 0 Å². The third-order valence-electron chi connectivity index (χ3n) is 8.99. The number of hydrogen-bond donors (Lipinski definition) is 4. The summed E-state index contributed by atoms with van der Waals surface area (Å²) < 4.78 is 0. The predicted molar refractivity (Wildman–Crippen MR) is 171 cm³/mol. The Morgan fingerprint density at radius 3 is 0.929 bits per heavy atom. The molecule has 9 aromatic carbocycles. The highest BCUT2D eigenvalue weighted by Crippen LogP contribution is 2.57. The van der Waals surface area contributed by atoms with Crippen molar-refractivity contribution < 1.29 is 20.4 Å². The van der Waals surface area contributed by atoms with Gasteiger partial charge in [-0.15, -0.1) is 0 Å². The quantitative estimate of drug-likeness (QED) is 0.0996. The van der Waals surface area contributed by atoms with Crippen molar-refractivity contribution in [1.82, 2.24) is 0 Å². The van der Waals surface area contributed by atoms with Crippen LogP contribution in [0.5, 0.6) is 23.0 Å². The van der Waals surface area contributed by atoms with Gasteiger partial charge < -0.3 is 20.4 Å². The smallest absolute Gasteiger partial charge is 0.170 e. The van der Waals surface area contributed by atoms with Crippen LogP contribution in [0.25, 0.3) is 86.9 Å². The summed E-state index contributed by atoms with van der Waals surface area (Å²) in [6.45, 7) is 0. The van der Waals surface area contributed by atoms with Crippen LogP contribution in [0.2, 0.25) is 0 Å². The standard InChI is InChI=1S/C38H22O4/c39-35-33(27-17-13-23-9-7-19-3-1-5-21-11-15-25(27)31(23)29(19)21)36(40)38(42)34(37(35)41)28-18-14-24-10-8-20-4-2-6-22-12-16-26(28)32(24)30(20)22/h1-18,39-42H. The molecule has 198 valence electrons. The minimum atomic E-state index is -0.485. The summed E-state index contributed by atoms with van der Waals surface area (Å²) >= 11 is 0. The van der Waals surface area contributed by atoms with E-state index in [-0.39, 0.29) is 11.1 Å². The van der Waals surface area contributed by atoms with E-state index in [1.807, 2.05) is 60.7 Å². The van der Waals surface area contributed by atoms with Gasteiger partial charge in [0.05, 0.1) is 11.1 Å². The minimum absolute atomic E-state index is 0.00982. The zero-order valence-electron chi connectivity index (χ0n) is 22.2. The monoisotopic (exact) mass is 542 g/mol. The van der Waals surface area contributed by atoms with Gasteiger partial charge in [-0.3, -0.25) is 0 Å². The number of rotatable bonds is 2. The van der Waals surface area contributed by atoms with Crippen molar-refractivity contribution >= 4 is 64.6 Å². The lowest BCUT2D eigenvalue weighted by Crippen LogP contribution is -1.92. The zero-order valence-corrected chi connectivity index (χ0v) is 22.2. The molecule has 0 aliphatic carbocycles. The predicted octanol–water partition coefficient (Wildman–Crippen LogP) is 9.64. The molecule has 4 heteroatoms. The largest absolute Gasteiger partial charge is 0.504 e. The first-order chi connectivity index (χ1) is 20.5. The highest BCUT2D eigenvalue weighted by atomic mass is 16.3. The first kappa shape index (κ1) is 23.0. The molecule has 0 bridgehead atoms. The van der Waals surface area contributed by atoms with Gasteiger partial charge in [-0.25, -0.2) is 0 Å². The number of phenolic OH excluding ortho intramolecular Hbond substituents is 4. The van der Waals surface area contributed by atoms with Gasteiger partial charge in [0.15, 0.2) is 23.0 Å². The number of hydrogen-bond acceptors (Lipinski definition) is 4. The number of aromatic hydroxyl groups is 4. The van der Waals surface area contributed by atoms with Gasteiger partial charge in [-0.05, 0) is 75.8 Å². The lowest BCUT2D eigenvalue weighted by atomic mass is 9.86. The lowest BCUT2D eigenvalue weighted by Gasteiger charge is -2.20. The molecule has 42 heavy (non-hydrogen) atoms. The highest BCUT2D eigenvalue weighted by molar-refractivity contribution is 6.27. The first-order valence-electron chi connectivity index (χ1n) is 13.8. The molecule has 0 spiro atoms. The van der Waals surface area contributed by atoms with E-state index in [1.165, 1.54) is 0 Å². The van der Waals surface area contributed by atoms with Gasteiger partial charge >= 0.3 is 0 Å². The summed E-state index contributed by atoms with van der Waals surface area (Å²) in [6, 6.07) is 36.0. The van der Waals surface area contributed by atoms with Crippen molar-refractivity contribution in [3.8, 4) is 45.3 Å². The van der Waals surface area contributed by atoms with Crippen LogP contribution in [-0.2, 0) is 0 Å². The van der Waals surface area contributed by atoms with E-state index >= 15 is 0 Å². The molecule has 0 saturated heterocycles. The van der Waals surface area contributed by atoms with Gasteiger partial charge in [0.25, 0.3) is 0 Å². The van der Waals surface area contributed by atoms with Gasteiger partial charge in [0.2, 0.25) is 0 Å². The lowest BCUT2D eigenvalue weighted by molar-refractivity contribution is 0.378. The fourth-order valence-corrected chi connectivity index (χ4v) is 7.11. The first-order valence-corrected chi connectivity index (χ1v) is 13.8. The summed E-state index contributed by atoms with van der Waals surface area (Å²) in [6.07, 6.45) is 0. The third kappa shape index (κ3) is 2.80. The van der Waals surface area contributed by atoms with Gasteiger partial charge in [0.1, 0.15) is 0 Å². The molecule has 0 saturated carbocycles. The topological polar surface area (TPSA) is 80.9 Å². The molecular formula is C38H22O4. The molecule has 0 aliphatic rings. The Hall–Kier alpha value is -5.74. The molecular weight excluding hydrogens is 520 g/mol. The summed E-state index contributed by atoms with van der Waals surface area (Å²) in [7, 11) is 0. The van der Waals surface area contributed by atoms with Gasteiger partial charge in [0, 0.05) is 0 Å². The van der Waals surface area contributed by atoms with E-state index < -0.39 is 23.0 Å². The molecule has 4 N–H and O–H groups in total. The molecule has 0 amide bonds. The van der Waals surface area contributed by atoms with Crippen molar-refractivity contribution in [1.29, 1.82) is 0 Å². The highest BCUT2D eigenvalue weighted by Gasteiger charge is 2.28. The molecule has 0 aliphatic heterocycles. The second kappa shape index (κ2) is 7.93. The third-order valence-corrected chi connectivity index (χ3v) is 8.99. The average molecular weight is 543 g/mol. The molecule has 9 rings (SSSR count). The van der Waals surface area contributed by atoms with Crippen molar-refractivity contribution in [2.24, 2.45) is 0 Å². The summed E-state index contributed by atoms with van der Waals surface area (Å²) in [5, 5.41) is 58.2. The molecule has 0 aromatic heterocycles. The molecule has 0 heterocycles. The Kier molecular flexibility index (Phi) is 4.34. The van der Waals surface area contributed by atoms with E-state index in [9.17, 15) is 20.4 Å². The van der Waals surface area contributed by atoms with Crippen LogP contribution in [-0.4, -0.2) is 20.4 Å². The molecule has 0 atom stereocenters. The summed E-state index contributed by atoms with van der Waals surface area (Å²) in [5.41, 5.74) is 1.01. The molecule has 4 nitrogen and oxygen atoms in total. The molecule has 0 unspecified atom stereocenters. The average Bonchev–Trinajstić information content (AvgIpc) is 3.03. The van der Waals surface area contributed by atoms with Crippen LogP contribution in [0.3, 0.4) is 0 Å². The normalized spacial score (nSPS) is 12.2. The van der Waals surface area contributed by atoms with Crippen molar-refractivity contribution in [2.75, 3.05) is 0 Å². The maximum atomic E-state index is 11.5. The zero-order chi connectivity index (χ0) is 28.3. The molecule has 0 radical (unpaired) electrons. The van der Waals surface area contributed by atoms with Crippen LogP contribution < -0.4 is 0 Å². The van der Waals surface area contributed by atoms with Crippen LogP contribution in [0.4, 0.5) is 0 Å². The fraction of sp³-hybridized carbons (Fsp3) is 0. The fourth-order valence-electron chi connectivity index (χ4n) is 7.11. The Balaban J connectivity index is 1.34.